The van der Waals surface area contributed by atoms with Crippen LogP contribution in [0, 0.1) is 0 Å². The van der Waals surface area contributed by atoms with Gasteiger partial charge < -0.3 is 9.84 Å². The topological polar surface area (TPSA) is 51.5 Å². The number of methoxy groups -OCH3 is 1. The molecule has 1 heterocycles. The van der Waals surface area contributed by atoms with E-state index in [1.807, 2.05) is 30.3 Å². The molecule has 4 aromatic rings. The van der Waals surface area contributed by atoms with Crippen LogP contribution in [0.4, 0.5) is 0 Å². The Balaban J connectivity index is 1.93. The molecular formula is C22H16ClNO3. The number of aromatic hydroxyl groups is 1. The lowest BCUT2D eigenvalue weighted by Crippen LogP contribution is -2.17. The number of phenols is 1. The van der Waals surface area contributed by atoms with Gasteiger partial charge in [-0.05, 0) is 59.5 Å². The first-order valence-electron chi connectivity index (χ1n) is 8.36. The van der Waals surface area contributed by atoms with Gasteiger partial charge in [-0.2, -0.15) is 0 Å². The number of pyridine rings is 1. The van der Waals surface area contributed by atoms with Crippen LogP contribution in [0.2, 0.25) is 5.02 Å². The second-order valence-corrected chi connectivity index (χ2v) is 6.58. The van der Waals surface area contributed by atoms with Gasteiger partial charge in [0.1, 0.15) is 11.5 Å². The third-order valence-electron chi connectivity index (χ3n) is 4.50. The lowest BCUT2D eigenvalue weighted by molar-refractivity contribution is 0.415. The van der Waals surface area contributed by atoms with Gasteiger partial charge in [0.15, 0.2) is 0 Å². The Kier molecular flexibility index (Phi) is 4.34. The molecule has 0 amide bonds. The van der Waals surface area contributed by atoms with E-state index in [9.17, 15) is 9.90 Å². The number of hydrogen-bond donors (Lipinski definition) is 1. The maximum Gasteiger partial charge on any atom is 0.255 e. The summed E-state index contributed by atoms with van der Waals surface area (Å²) < 4.78 is 6.77. The standard InChI is InChI=1S/C22H16ClNO3/c1-27-18-8-3-14(4-9-18)19-13-17(7-10-21(19)25)24-20-12-16(23)6-2-15(20)5-11-22(24)26/h2-13,25H,1H3. The van der Waals surface area contributed by atoms with Gasteiger partial charge in [-0.1, -0.05) is 29.8 Å². The van der Waals surface area contributed by atoms with Crippen LogP contribution >= 0.6 is 11.6 Å². The second kappa shape index (κ2) is 6.82. The maximum atomic E-state index is 12.6. The van der Waals surface area contributed by atoms with Crippen molar-refractivity contribution in [1.29, 1.82) is 0 Å². The normalized spacial score (nSPS) is 10.9. The SMILES string of the molecule is COc1ccc(-c2cc(-n3c(=O)ccc4ccc(Cl)cc43)ccc2O)cc1. The molecule has 0 aliphatic heterocycles. The Bertz CT molecular complexity index is 1200. The van der Waals surface area contributed by atoms with Gasteiger partial charge in [0.25, 0.3) is 5.56 Å². The fraction of sp³-hybridized carbons (Fsp3) is 0.0455. The van der Waals surface area contributed by atoms with Crippen LogP contribution in [-0.4, -0.2) is 16.8 Å². The number of benzene rings is 3. The van der Waals surface area contributed by atoms with Crippen LogP contribution in [0.1, 0.15) is 0 Å². The average Bonchev–Trinajstić information content (AvgIpc) is 2.69. The first-order valence-corrected chi connectivity index (χ1v) is 8.74. The zero-order valence-electron chi connectivity index (χ0n) is 14.5. The third-order valence-corrected chi connectivity index (χ3v) is 4.73. The van der Waals surface area contributed by atoms with Crippen molar-refractivity contribution in [2.45, 2.75) is 0 Å². The molecule has 134 valence electrons. The summed E-state index contributed by atoms with van der Waals surface area (Å²) in [5, 5.41) is 11.8. The highest BCUT2D eigenvalue weighted by Gasteiger charge is 2.11. The van der Waals surface area contributed by atoms with Crippen molar-refractivity contribution in [3.05, 3.63) is 88.2 Å². The fourth-order valence-electron chi connectivity index (χ4n) is 3.14. The van der Waals surface area contributed by atoms with E-state index in [0.717, 1.165) is 16.7 Å². The minimum absolute atomic E-state index is 0.134. The number of halogens is 1. The second-order valence-electron chi connectivity index (χ2n) is 6.14. The molecule has 5 heteroatoms. The minimum atomic E-state index is -0.170. The molecule has 4 nitrogen and oxygen atoms in total. The van der Waals surface area contributed by atoms with Gasteiger partial charge in [0.05, 0.1) is 18.3 Å². The number of fused-ring (bicyclic) bond motifs is 1. The van der Waals surface area contributed by atoms with Gasteiger partial charge in [-0.15, -0.1) is 0 Å². The van der Waals surface area contributed by atoms with Crippen molar-refractivity contribution < 1.29 is 9.84 Å². The first kappa shape index (κ1) is 17.2. The first-order chi connectivity index (χ1) is 13.1. The molecule has 0 bridgehead atoms. The molecule has 0 saturated carbocycles. The summed E-state index contributed by atoms with van der Waals surface area (Å²) in [6, 6.07) is 21.2. The van der Waals surface area contributed by atoms with Gasteiger partial charge in [0, 0.05) is 16.7 Å². The summed E-state index contributed by atoms with van der Waals surface area (Å²) in [5.74, 6) is 0.865. The zero-order valence-corrected chi connectivity index (χ0v) is 15.3. The van der Waals surface area contributed by atoms with E-state index in [0.29, 0.717) is 21.8 Å². The van der Waals surface area contributed by atoms with Crippen molar-refractivity contribution in [3.63, 3.8) is 0 Å². The summed E-state index contributed by atoms with van der Waals surface area (Å²) in [4.78, 5) is 12.6. The number of aromatic nitrogens is 1. The van der Waals surface area contributed by atoms with Crippen molar-refractivity contribution in [2.75, 3.05) is 7.11 Å². The molecule has 0 atom stereocenters. The molecule has 27 heavy (non-hydrogen) atoms. The lowest BCUT2D eigenvalue weighted by Gasteiger charge is -2.13. The van der Waals surface area contributed by atoms with Crippen molar-refractivity contribution >= 4 is 22.5 Å². The van der Waals surface area contributed by atoms with Crippen molar-refractivity contribution in [2.24, 2.45) is 0 Å². The molecule has 0 saturated heterocycles. The van der Waals surface area contributed by atoms with Gasteiger partial charge >= 0.3 is 0 Å². The van der Waals surface area contributed by atoms with Crippen LogP contribution < -0.4 is 10.3 Å². The predicted molar refractivity (Wildman–Crippen MR) is 108 cm³/mol. The van der Waals surface area contributed by atoms with Gasteiger partial charge in [-0.25, -0.2) is 0 Å². The molecule has 0 aliphatic rings. The zero-order chi connectivity index (χ0) is 19.0. The van der Waals surface area contributed by atoms with E-state index in [4.69, 9.17) is 16.3 Å². The Hall–Kier alpha value is -3.24. The minimum Gasteiger partial charge on any atom is -0.507 e. The van der Waals surface area contributed by atoms with Crippen LogP contribution in [-0.2, 0) is 0 Å². The molecule has 1 N–H and O–H groups in total. The molecule has 0 aliphatic carbocycles. The summed E-state index contributed by atoms with van der Waals surface area (Å²) in [6.07, 6.45) is 0. The molecule has 3 aromatic carbocycles. The molecular weight excluding hydrogens is 362 g/mol. The highest BCUT2D eigenvalue weighted by atomic mass is 35.5. The smallest absolute Gasteiger partial charge is 0.255 e. The predicted octanol–water partition coefficient (Wildman–Crippen LogP) is 5.03. The Morgan fingerprint density at radius 2 is 1.67 bits per heavy atom. The Morgan fingerprint density at radius 3 is 2.41 bits per heavy atom. The van der Waals surface area contributed by atoms with E-state index < -0.39 is 0 Å². The maximum absolute atomic E-state index is 12.6. The highest BCUT2D eigenvalue weighted by Crippen LogP contribution is 2.33. The molecule has 1 aromatic heterocycles. The summed E-state index contributed by atoms with van der Waals surface area (Å²) in [7, 11) is 1.60. The molecule has 0 spiro atoms. The van der Waals surface area contributed by atoms with E-state index in [2.05, 4.69) is 0 Å². The highest BCUT2D eigenvalue weighted by molar-refractivity contribution is 6.31. The van der Waals surface area contributed by atoms with Gasteiger partial charge in [0.2, 0.25) is 0 Å². The van der Waals surface area contributed by atoms with Crippen molar-refractivity contribution in [3.8, 4) is 28.3 Å². The van der Waals surface area contributed by atoms with E-state index >= 15 is 0 Å². The van der Waals surface area contributed by atoms with Gasteiger partial charge in [-0.3, -0.25) is 9.36 Å². The van der Waals surface area contributed by atoms with E-state index in [1.165, 1.54) is 6.07 Å². The largest absolute Gasteiger partial charge is 0.507 e. The van der Waals surface area contributed by atoms with Crippen molar-refractivity contribution in [1.82, 2.24) is 4.57 Å². The summed E-state index contributed by atoms with van der Waals surface area (Å²) >= 11 is 6.14. The number of nitrogens with zero attached hydrogens (tertiary/aromatic N) is 1. The summed E-state index contributed by atoms with van der Waals surface area (Å²) in [6.45, 7) is 0. The summed E-state index contributed by atoms with van der Waals surface area (Å²) in [5.41, 5.74) is 2.64. The number of phenolic OH excluding ortho intramolecular Hbond substituents is 1. The quantitative estimate of drug-likeness (QED) is 0.545. The Labute approximate surface area is 160 Å². The number of hydrogen-bond acceptors (Lipinski definition) is 3. The van der Waals surface area contributed by atoms with E-state index in [-0.39, 0.29) is 11.3 Å². The third kappa shape index (κ3) is 3.15. The molecule has 0 radical (unpaired) electrons. The molecule has 4 rings (SSSR count). The number of ether oxygens (including phenoxy) is 1. The average molecular weight is 378 g/mol. The molecule has 0 unspecified atom stereocenters. The van der Waals surface area contributed by atoms with Crippen LogP contribution in [0.25, 0.3) is 27.7 Å². The van der Waals surface area contributed by atoms with Crippen LogP contribution in [0.15, 0.2) is 77.6 Å². The van der Waals surface area contributed by atoms with Crippen LogP contribution in [0.3, 0.4) is 0 Å². The lowest BCUT2D eigenvalue weighted by atomic mass is 10.0. The number of rotatable bonds is 3. The van der Waals surface area contributed by atoms with Crippen LogP contribution in [0.5, 0.6) is 11.5 Å². The fourth-order valence-corrected chi connectivity index (χ4v) is 3.30. The van der Waals surface area contributed by atoms with E-state index in [1.54, 1.807) is 48.1 Å². The molecule has 0 fully saturated rings. The Morgan fingerprint density at radius 1 is 0.926 bits per heavy atom. The monoisotopic (exact) mass is 377 g/mol.